The van der Waals surface area contributed by atoms with E-state index < -0.39 is 8.32 Å². The van der Waals surface area contributed by atoms with Crippen molar-refractivity contribution in [3.8, 4) is 0 Å². The fraction of sp³-hybridized carbons (Fsp3) is 0.886. The number of fused-ring (bicyclic) bond motifs is 5. The van der Waals surface area contributed by atoms with Crippen LogP contribution in [0, 0.1) is 52.3 Å². The first-order chi connectivity index (χ1) is 17.1. The van der Waals surface area contributed by atoms with Gasteiger partial charge in [0.1, 0.15) is 0 Å². The van der Waals surface area contributed by atoms with Crippen LogP contribution >= 0.6 is 0 Å². The lowest BCUT2D eigenvalue weighted by Crippen LogP contribution is -2.52. The molecule has 0 aromatic carbocycles. The zero-order valence-electron chi connectivity index (χ0n) is 26.6. The van der Waals surface area contributed by atoms with Gasteiger partial charge in [0.2, 0.25) is 0 Å². The molecule has 0 saturated heterocycles. The zero-order chi connectivity index (χ0) is 27.4. The van der Waals surface area contributed by atoms with Crippen LogP contribution in [-0.4, -0.2) is 14.4 Å². The van der Waals surface area contributed by atoms with Gasteiger partial charge in [-0.15, -0.1) is 0 Å². The molecule has 0 bridgehead atoms. The van der Waals surface area contributed by atoms with Crippen molar-refractivity contribution in [1.29, 1.82) is 0 Å². The summed E-state index contributed by atoms with van der Waals surface area (Å²) in [6.45, 7) is 27.1. The van der Waals surface area contributed by atoms with E-state index in [2.05, 4.69) is 93.6 Å². The average Bonchev–Trinajstić information content (AvgIpc) is 3.15. The number of rotatable bonds is 7. The third kappa shape index (κ3) is 5.38. The molecule has 0 amide bonds. The molecule has 0 aromatic rings. The summed E-state index contributed by atoms with van der Waals surface area (Å²) in [4.78, 5) is 0. The second-order valence-electron chi connectivity index (χ2n) is 16.3. The van der Waals surface area contributed by atoms with E-state index in [1.165, 1.54) is 57.8 Å². The highest BCUT2D eigenvalue weighted by atomic mass is 28.4. The molecule has 9 atom stereocenters. The SMILES string of the molecule is CCC(/C=C/C(C)C1CCC2C3CC=C4CC(O[Si](C)(C)C(C)(C)C)CCC4(C)C3CCC12C)C(C)C. The molecule has 4 aliphatic carbocycles. The summed E-state index contributed by atoms with van der Waals surface area (Å²) in [5, 5.41) is 0.297. The highest BCUT2D eigenvalue weighted by Crippen LogP contribution is 2.67. The highest BCUT2D eigenvalue weighted by molar-refractivity contribution is 6.74. The minimum absolute atomic E-state index is 0.297. The lowest BCUT2D eigenvalue weighted by Gasteiger charge is -2.59. The summed E-state index contributed by atoms with van der Waals surface area (Å²) < 4.78 is 6.95. The van der Waals surface area contributed by atoms with Gasteiger partial charge in [-0.2, -0.15) is 0 Å². The normalized spacial score (nSPS) is 40.2. The van der Waals surface area contributed by atoms with Crippen molar-refractivity contribution in [2.24, 2.45) is 52.3 Å². The minimum atomic E-state index is -1.71. The summed E-state index contributed by atoms with van der Waals surface area (Å²) in [6, 6.07) is 0. The molecule has 212 valence electrons. The van der Waals surface area contributed by atoms with Gasteiger partial charge in [0, 0.05) is 6.10 Å². The van der Waals surface area contributed by atoms with Crippen LogP contribution in [0.1, 0.15) is 120 Å². The van der Waals surface area contributed by atoms with Gasteiger partial charge in [0.15, 0.2) is 8.32 Å². The van der Waals surface area contributed by atoms with Crippen molar-refractivity contribution in [2.45, 2.75) is 144 Å². The van der Waals surface area contributed by atoms with Crippen molar-refractivity contribution < 1.29 is 4.43 Å². The molecule has 9 unspecified atom stereocenters. The summed E-state index contributed by atoms with van der Waals surface area (Å²) in [5.74, 6) is 5.80. The Bertz CT molecular complexity index is 861. The average molecular weight is 527 g/mol. The second-order valence-corrected chi connectivity index (χ2v) is 21.0. The first kappa shape index (κ1) is 29.6. The fourth-order valence-electron chi connectivity index (χ4n) is 9.51. The number of hydrogen-bond acceptors (Lipinski definition) is 1. The van der Waals surface area contributed by atoms with E-state index in [1.807, 2.05) is 0 Å². The van der Waals surface area contributed by atoms with E-state index >= 15 is 0 Å². The Labute approximate surface area is 232 Å². The van der Waals surface area contributed by atoms with E-state index in [0.717, 1.165) is 35.5 Å². The van der Waals surface area contributed by atoms with E-state index in [1.54, 1.807) is 5.57 Å². The molecule has 0 heterocycles. The van der Waals surface area contributed by atoms with Crippen LogP contribution in [0.4, 0.5) is 0 Å². The topological polar surface area (TPSA) is 9.23 Å². The molecule has 0 aromatic heterocycles. The predicted octanol–water partition coefficient (Wildman–Crippen LogP) is 10.8. The first-order valence-corrected chi connectivity index (χ1v) is 19.1. The highest BCUT2D eigenvalue weighted by Gasteiger charge is 2.59. The Morgan fingerprint density at radius 3 is 2.32 bits per heavy atom. The van der Waals surface area contributed by atoms with E-state index in [4.69, 9.17) is 4.43 Å². The van der Waals surface area contributed by atoms with Crippen molar-refractivity contribution in [1.82, 2.24) is 0 Å². The maximum Gasteiger partial charge on any atom is 0.192 e. The quantitative estimate of drug-likeness (QED) is 0.237. The molecule has 0 spiro atoms. The van der Waals surface area contributed by atoms with Gasteiger partial charge in [0.25, 0.3) is 0 Å². The third-order valence-electron chi connectivity index (χ3n) is 13.0. The van der Waals surface area contributed by atoms with Crippen molar-refractivity contribution in [3.63, 3.8) is 0 Å². The first-order valence-electron chi connectivity index (χ1n) is 16.2. The van der Waals surface area contributed by atoms with Crippen LogP contribution in [0.2, 0.25) is 18.1 Å². The standard InChI is InChI=1S/C35H62OSi/c1-12-26(24(2)3)14-13-25(4)30-17-18-31-29-16-15-27-23-28(36-37(10,11)33(5,6)7)19-21-34(27,8)32(29)20-22-35(30,31)9/h13-15,24-26,28-32H,12,16-23H2,1-11H3/b14-13+. The van der Waals surface area contributed by atoms with Crippen LogP contribution in [0.5, 0.6) is 0 Å². The smallest absolute Gasteiger partial charge is 0.192 e. The monoisotopic (exact) mass is 526 g/mol. The van der Waals surface area contributed by atoms with E-state index in [0.29, 0.717) is 27.9 Å². The Hall–Kier alpha value is -0.343. The van der Waals surface area contributed by atoms with E-state index in [-0.39, 0.29) is 0 Å². The minimum Gasteiger partial charge on any atom is -0.414 e. The Morgan fingerprint density at radius 2 is 1.70 bits per heavy atom. The van der Waals surface area contributed by atoms with Crippen molar-refractivity contribution >= 4 is 8.32 Å². The lowest BCUT2D eigenvalue weighted by molar-refractivity contribution is -0.0532. The fourth-order valence-corrected chi connectivity index (χ4v) is 10.9. The molecule has 4 rings (SSSR count). The zero-order valence-corrected chi connectivity index (χ0v) is 27.6. The molecular formula is C35H62OSi. The van der Waals surface area contributed by atoms with Gasteiger partial charge in [-0.25, -0.2) is 0 Å². The van der Waals surface area contributed by atoms with Crippen molar-refractivity contribution in [2.75, 3.05) is 0 Å². The van der Waals surface area contributed by atoms with Crippen LogP contribution in [-0.2, 0) is 4.43 Å². The van der Waals surface area contributed by atoms with Crippen LogP contribution in [0.3, 0.4) is 0 Å². The molecule has 3 saturated carbocycles. The molecule has 0 aliphatic heterocycles. The summed E-state index contributed by atoms with van der Waals surface area (Å²) >= 11 is 0. The Morgan fingerprint density at radius 1 is 1.00 bits per heavy atom. The molecule has 1 nitrogen and oxygen atoms in total. The largest absolute Gasteiger partial charge is 0.414 e. The predicted molar refractivity (Wildman–Crippen MR) is 164 cm³/mol. The van der Waals surface area contributed by atoms with Gasteiger partial charge < -0.3 is 4.43 Å². The van der Waals surface area contributed by atoms with Crippen molar-refractivity contribution in [3.05, 3.63) is 23.8 Å². The summed E-state index contributed by atoms with van der Waals surface area (Å²) in [7, 11) is -1.71. The molecule has 0 radical (unpaired) electrons. The second kappa shape index (κ2) is 10.6. The van der Waals surface area contributed by atoms with Crippen LogP contribution in [0.15, 0.2) is 23.8 Å². The van der Waals surface area contributed by atoms with Crippen LogP contribution < -0.4 is 0 Å². The van der Waals surface area contributed by atoms with Gasteiger partial charge >= 0.3 is 0 Å². The van der Waals surface area contributed by atoms with Gasteiger partial charge in [-0.3, -0.25) is 0 Å². The third-order valence-corrected chi connectivity index (χ3v) is 17.6. The molecule has 3 fully saturated rings. The van der Waals surface area contributed by atoms with Gasteiger partial charge in [-0.1, -0.05) is 86.1 Å². The molecule has 4 aliphatic rings. The Balaban J connectivity index is 1.48. The lowest BCUT2D eigenvalue weighted by atomic mass is 9.47. The maximum atomic E-state index is 6.95. The molecular weight excluding hydrogens is 464 g/mol. The maximum absolute atomic E-state index is 6.95. The Kier molecular flexibility index (Phi) is 8.47. The summed E-state index contributed by atoms with van der Waals surface area (Å²) in [6.07, 6.45) is 20.6. The van der Waals surface area contributed by atoms with Gasteiger partial charge in [0.05, 0.1) is 0 Å². The van der Waals surface area contributed by atoms with Crippen LogP contribution in [0.25, 0.3) is 0 Å². The molecule has 2 heteroatoms. The van der Waals surface area contributed by atoms with E-state index in [9.17, 15) is 0 Å². The number of allylic oxidation sites excluding steroid dienone is 3. The van der Waals surface area contributed by atoms with Gasteiger partial charge in [-0.05, 0) is 128 Å². The number of hydrogen-bond donors (Lipinski definition) is 0. The summed E-state index contributed by atoms with van der Waals surface area (Å²) in [5.41, 5.74) is 2.74. The molecule has 37 heavy (non-hydrogen) atoms. The molecule has 0 N–H and O–H groups in total.